The summed E-state index contributed by atoms with van der Waals surface area (Å²) in [6, 6.07) is 10.9. The summed E-state index contributed by atoms with van der Waals surface area (Å²) in [6.07, 6.45) is 0.220. The van der Waals surface area contributed by atoms with Gasteiger partial charge in [-0.1, -0.05) is 26.0 Å². The van der Waals surface area contributed by atoms with Gasteiger partial charge in [-0.3, -0.25) is 14.5 Å². The van der Waals surface area contributed by atoms with Crippen LogP contribution in [0.5, 0.6) is 5.75 Å². The first-order valence-corrected chi connectivity index (χ1v) is 13.7. The second-order valence-electron chi connectivity index (χ2n) is 10.4. The van der Waals surface area contributed by atoms with Crippen LogP contribution in [0, 0.1) is 12.8 Å². The second-order valence-corrected chi connectivity index (χ2v) is 10.4. The third-order valence-corrected chi connectivity index (χ3v) is 6.88. The standard InChI is InChI=1S/C31H35F3N4O3/c1-5-41-29-24(23-9-8-22(16-20(23)4)31(32,33)34)10-12-27-25(29)18-37-38(27)28(15-19(2)3)21-7-11-26(36-17-21)30(40)35-13-6-14-39/h7-12,16-19,28,39H,5-6,13-15H2,1-4H3,(H,35,40). The maximum absolute atomic E-state index is 13.3. The molecule has 7 nitrogen and oxygen atoms in total. The predicted molar refractivity (Wildman–Crippen MR) is 152 cm³/mol. The van der Waals surface area contributed by atoms with E-state index in [0.29, 0.717) is 47.9 Å². The number of fused-ring (bicyclic) bond motifs is 1. The van der Waals surface area contributed by atoms with Gasteiger partial charge in [0.05, 0.1) is 35.3 Å². The number of hydrogen-bond acceptors (Lipinski definition) is 5. The van der Waals surface area contributed by atoms with Crippen LogP contribution >= 0.6 is 0 Å². The SMILES string of the molecule is CCOc1c(-c2ccc(C(F)(F)F)cc2C)ccc2c1cnn2C(CC(C)C)c1ccc(C(=O)NCCCO)nc1. The number of carbonyl (C=O) groups excluding carboxylic acids is 1. The van der Waals surface area contributed by atoms with Crippen molar-refractivity contribution >= 4 is 16.8 Å². The summed E-state index contributed by atoms with van der Waals surface area (Å²) in [5.41, 5.74) is 3.15. The van der Waals surface area contributed by atoms with E-state index < -0.39 is 11.7 Å². The van der Waals surface area contributed by atoms with Crippen LogP contribution < -0.4 is 10.1 Å². The summed E-state index contributed by atoms with van der Waals surface area (Å²) in [5.74, 6) is 0.582. The highest BCUT2D eigenvalue weighted by molar-refractivity contribution is 5.94. The summed E-state index contributed by atoms with van der Waals surface area (Å²) in [7, 11) is 0. The van der Waals surface area contributed by atoms with Crippen molar-refractivity contribution in [2.24, 2.45) is 5.92 Å². The molecule has 1 atom stereocenters. The van der Waals surface area contributed by atoms with Gasteiger partial charge in [0.25, 0.3) is 5.91 Å². The van der Waals surface area contributed by atoms with Crippen molar-refractivity contribution in [1.82, 2.24) is 20.1 Å². The van der Waals surface area contributed by atoms with Gasteiger partial charge >= 0.3 is 6.18 Å². The highest BCUT2D eigenvalue weighted by atomic mass is 19.4. The Kier molecular flexibility index (Phi) is 9.32. The molecule has 0 saturated carbocycles. The van der Waals surface area contributed by atoms with E-state index in [9.17, 15) is 18.0 Å². The Morgan fingerprint density at radius 3 is 2.46 bits per heavy atom. The number of amides is 1. The molecule has 0 aliphatic carbocycles. The van der Waals surface area contributed by atoms with Crippen LogP contribution in [0.3, 0.4) is 0 Å². The quantitative estimate of drug-likeness (QED) is 0.200. The lowest BCUT2D eigenvalue weighted by Gasteiger charge is -2.22. The van der Waals surface area contributed by atoms with E-state index >= 15 is 0 Å². The van der Waals surface area contributed by atoms with E-state index in [2.05, 4.69) is 24.1 Å². The van der Waals surface area contributed by atoms with Crippen molar-refractivity contribution in [1.29, 1.82) is 0 Å². The largest absolute Gasteiger partial charge is 0.492 e. The molecule has 0 bridgehead atoms. The van der Waals surface area contributed by atoms with Crippen LogP contribution in [0.25, 0.3) is 22.0 Å². The van der Waals surface area contributed by atoms with Crippen molar-refractivity contribution in [3.63, 3.8) is 0 Å². The summed E-state index contributed by atoms with van der Waals surface area (Å²) in [5, 5.41) is 17.2. The number of hydrogen-bond donors (Lipinski definition) is 2. The third kappa shape index (κ3) is 6.70. The molecule has 218 valence electrons. The smallest absolute Gasteiger partial charge is 0.416 e. The Bertz CT molecular complexity index is 1500. The molecule has 4 aromatic rings. The molecule has 0 radical (unpaired) electrons. The highest BCUT2D eigenvalue weighted by Gasteiger charge is 2.31. The lowest BCUT2D eigenvalue weighted by molar-refractivity contribution is -0.137. The fourth-order valence-electron chi connectivity index (χ4n) is 4.93. The number of nitrogens with zero attached hydrogens (tertiary/aromatic N) is 3. The number of carbonyl (C=O) groups is 1. The Hall–Kier alpha value is -3.92. The highest BCUT2D eigenvalue weighted by Crippen LogP contribution is 2.41. The number of halogens is 3. The fourth-order valence-corrected chi connectivity index (χ4v) is 4.93. The first-order valence-electron chi connectivity index (χ1n) is 13.7. The number of aliphatic hydroxyl groups excluding tert-OH is 1. The Morgan fingerprint density at radius 1 is 1.10 bits per heavy atom. The number of ether oxygens (including phenoxy) is 1. The van der Waals surface area contributed by atoms with E-state index in [4.69, 9.17) is 14.9 Å². The molecule has 41 heavy (non-hydrogen) atoms. The van der Waals surface area contributed by atoms with Gasteiger partial charge in [0.15, 0.2) is 0 Å². The zero-order valence-electron chi connectivity index (χ0n) is 23.6. The number of benzene rings is 2. The zero-order valence-corrected chi connectivity index (χ0v) is 23.6. The second kappa shape index (κ2) is 12.7. The van der Waals surface area contributed by atoms with Crippen LogP contribution in [0.1, 0.15) is 66.8 Å². The molecule has 2 aromatic heterocycles. The third-order valence-electron chi connectivity index (χ3n) is 6.88. The molecule has 0 saturated heterocycles. The first-order chi connectivity index (χ1) is 19.5. The van der Waals surface area contributed by atoms with E-state index in [1.54, 1.807) is 25.4 Å². The topological polar surface area (TPSA) is 89.3 Å². The average molecular weight is 569 g/mol. The molecular formula is C31H35F3N4O3. The molecule has 0 aliphatic heterocycles. The lowest BCUT2D eigenvalue weighted by atomic mass is 9.95. The van der Waals surface area contributed by atoms with Gasteiger partial charge in [0, 0.05) is 24.9 Å². The van der Waals surface area contributed by atoms with Crippen molar-refractivity contribution in [3.8, 4) is 16.9 Å². The summed E-state index contributed by atoms with van der Waals surface area (Å²) >= 11 is 0. The molecule has 10 heteroatoms. The lowest BCUT2D eigenvalue weighted by Crippen LogP contribution is -2.26. The van der Waals surface area contributed by atoms with Gasteiger partial charge in [0.1, 0.15) is 11.4 Å². The van der Waals surface area contributed by atoms with Crippen LogP contribution in [0.4, 0.5) is 13.2 Å². The van der Waals surface area contributed by atoms with Gasteiger partial charge in [-0.05, 0) is 79.6 Å². The molecule has 1 unspecified atom stereocenters. The molecule has 0 fully saturated rings. The van der Waals surface area contributed by atoms with E-state index in [1.807, 2.05) is 29.8 Å². The van der Waals surface area contributed by atoms with Crippen LogP contribution in [-0.4, -0.2) is 45.5 Å². The van der Waals surface area contributed by atoms with Gasteiger partial charge < -0.3 is 15.2 Å². The number of rotatable bonds is 11. The number of aliphatic hydroxyl groups is 1. The number of nitrogens with one attached hydrogen (secondary N) is 1. The number of pyridine rings is 1. The van der Waals surface area contributed by atoms with Crippen LogP contribution in [-0.2, 0) is 6.18 Å². The summed E-state index contributed by atoms with van der Waals surface area (Å²) < 4.78 is 47.8. The molecular weight excluding hydrogens is 533 g/mol. The van der Waals surface area contributed by atoms with Crippen molar-refractivity contribution in [3.05, 3.63) is 77.2 Å². The molecule has 2 N–H and O–H groups in total. The zero-order chi connectivity index (χ0) is 29.7. The fraction of sp³-hybridized carbons (Fsp3) is 0.387. The number of alkyl halides is 3. The predicted octanol–water partition coefficient (Wildman–Crippen LogP) is 6.57. The molecule has 2 aromatic carbocycles. The van der Waals surface area contributed by atoms with Gasteiger partial charge in [-0.15, -0.1) is 0 Å². The minimum absolute atomic E-state index is 0.00218. The molecule has 4 rings (SSSR count). The minimum Gasteiger partial charge on any atom is -0.492 e. The van der Waals surface area contributed by atoms with Crippen LogP contribution in [0.15, 0.2) is 54.9 Å². The normalized spacial score (nSPS) is 12.6. The van der Waals surface area contributed by atoms with E-state index in [0.717, 1.165) is 35.0 Å². The first kappa shape index (κ1) is 30.0. The number of aryl methyl sites for hydroxylation is 1. The minimum atomic E-state index is -4.42. The average Bonchev–Trinajstić information content (AvgIpc) is 3.36. The Morgan fingerprint density at radius 2 is 1.85 bits per heavy atom. The van der Waals surface area contributed by atoms with E-state index in [-0.39, 0.29) is 24.2 Å². The molecule has 0 aliphatic rings. The van der Waals surface area contributed by atoms with Gasteiger partial charge in [0.2, 0.25) is 0 Å². The van der Waals surface area contributed by atoms with Gasteiger partial charge in [-0.2, -0.15) is 18.3 Å². The monoisotopic (exact) mass is 568 g/mol. The maximum Gasteiger partial charge on any atom is 0.416 e. The van der Waals surface area contributed by atoms with Crippen molar-refractivity contribution in [2.75, 3.05) is 19.8 Å². The van der Waals surface area contributed by atoms with E-state index in [1.165, 1.54) is 6.07 Å². The van der Waals surface area contributed by atoms with Crippen molar-refractivity contribution < 1.29 is 27.8 Å². The Balaban J connectivity index is 1.75. The number of aromatic nitrogens is 3. The van der Waals surface area contributed by atoms with Crippen molar-refractivity contribution in [2.45, 2.75) is 52.8 Å². The molecule has 1 amide bonds. The Labute approximate surface area is 237 Å². The maximum atomic E-state index is 13.3. The van der Waals surface area contributed by atoms with Gasteiger partial charge in [-0.25, -0.2) is 0 Å². The summed E-state index contributed by atoms with van der Waals surface area (Å²) in [4.78, 5) is 16.8. The molecule has 2 heterocycles. The van der Waals surface area contributed by atoms with Crippen LogP contribution in [0.2, 0.25) is 0 Å². The summed E-state index contributed by atoms with van der Waals surface area (Å²) in [6.45, 7) is 8.50. The molecule has 0 spiro atoms.